The van der Waals surface area contributed by atoms with Gasteiger partial charge in [-0.1, -0.05) is 26.7 Å². The molecule has 2 rings (SSSR count). The van der Waals surface area contributed by atoms with Crippen LogP contribution in [-0.2, 0) is 9.53 Å². The van der Waals surface area contributed by atoms with Crippen molar-refractivity contribution < 1.29 is 9.53 Å². The molecule has 1 atom stereocenters. The predicted molar refractivity (Wildman–Crippen MR) is 73.6 cm³/mol. The summed E-state index contributed by atoms with van der Waals surface area (Å²) in [7, 11) is 0. The molecule has 104 valence electrons. The van der Waals surface area contributed by atoms with E-state index in [4.69, 9.17) is 4.74 Å². The van der Waals surface area contributed by atoms with E-state index in [1.807, 2.05) is 0 Å². The zero-order valence-corrected chi connectivity index (χ0v) is 12.0. The van der Waals surface area contributed by atoms with Gasteiger partial charge in [-0.25, -0.2) is 0 Å². The molecule has 1 aliphatic carbocycles. The molecule has 2 fully saturated rings. The number of carbonyl (C=O) groups is 1. The summed E-state index contributed by atoms with van der Waals surface area (Å²) in [5, 5.41) is 0. The molecule has 0 aromatic rings. The molecule has 1 heterocycles. The SMILES string of the molecule is CCCC(CCC)C(=O)C1CCOC2(CCC2)C1. The van der Waals surface area contributed by atoms with Crippen LogP contribution in [0.1, 0.15) is 71.6 Å². The molecule has 0 N–H and O–H groups in total. The predicted octanol–water partition coefficient (Wildman–Crippen LogP) is 4.12. The lowest BCUT2D eigenvalue weighted by Gasteiger charge is -2.47. The molecule has 0 aromatic carbocycles. The highest BCUT2D eigenvalue weighted by molar-refractivity contribution is 5.83. The zero-order chi connectivity index (χ0) is 13.0. The Balaban J connectivity index is 1.93. The second-order valence-corrected chi connectivity index (χ2v) is 6.25. The smallest absolute Gasteiger partial charge is 0.139 e. The van der Waals surface area contributed by atoms with Crippen molar-refractivity contribution in [3.8, 4) is 0 Å². The molecular formula is C16H28O2. The highest BCUT2D eigenvalue weighted by atomic mass is 16.5. The van der Waals surface area contributed by atoms with Crippen molar-refractivity contribution in [2.45, 2.75) is 77.2 Å². The average molecular weight is 252 g/mol. The van der Waals surface area contributed by atoms with Gasteiger partial charge in [0.2, 0.25) is 0 Å². The van der Waals surface area contributed by atoms with Crippen LogP contribution >= 0.6 is 0 Å². The number of carbonyl (C=O) groups excluding carboxylic acids is 1. The van der Waals surface area contributed by atoms with E-state index in [0.29, 0.717) is 17.6 Å². The Morgan fingerprint density at radius 1 is 1.28 bits per heavy atom. The maximum Gasteiger partial charge on any atom is 0.139 e. The minimum absolute atomic E-state index is 0.113. The lowest BCUT2D eigenvalue weighted by molar-refractivity contribution is -0.158. The molecular weight excluding hydrogens is 224 g/mol. The van der Waals surface area contributed by atoms with Gasteiger partial charge in [0.1, 0.15) is 5.78 Å². The first-order chi connectivity index (χ1) is 8.71. The largest absolute Gasteiger partial charge is 0.375 e. The maximum atomic E-state index is 12.7. The Bertz CT molecular complexity index is 275. The van der Waals surface area contributed by atoms with Crippen LogP contribution in [0.4, 0.5) is 0 Å². The molecule has 2 heteroatoms. The summed E-state index contributed by atoms with van der Waals surface area (Å²) in [4.78, 5) is 12.7. The van der Waals surface area contributed by atoms with Crippen molar-refractivity contribution in [3.05, 3.63) is 0 Å². The van der Waals surface area contributed by atoms with Crippen LogP contribution in [0.2, 0.25) is 0 Å². The Hall–Kier alpha value is -0.370. The number of Topliss-reactive ketones (excluding diaryl/α,β-unsaturated/α-hetero) is 1. The summed E-state index contributed by atoms with van der Waals surface area (Å²) < 4.78 is 5.93. The first-order valence-corrected chi connectivity index (χ1v) is 7.88. The van der Waals surface area contributed by atoms with E-state index in [2.05, 4.69) is 13.8 Å². The highest BCUT2D eigenvalue weighted by Crippen LogP contribution is 2.45. The molecule has 1 saturated carbocycles. The molecule has 0 amide bonds. The number of rotatable bonds is 6. The monoisotopic (exact) mass is 252 g/mol. The topological polar surface area (TPSA) is 26.3 Å². The Labute approximate surface area is 111 Å². The minimum Gasteiger partial charge on any atom is -0.375 e. The molecule has 2 nitrogen and oxygen atoms in total. The van der Waals surface area contributed by atoms with Gasteiger partial charge >= 0.3 is 0 Å². The Morgan fingerprint density at radius 3 is 2.44 bits per heavy atom. The summed E-state index contributed by atoms with van der Waals surface area (Å²) in [6, 6.07) is 0. The van der Waals surface area contributed by atoms with E-state index in [1.54, 1.807) is 0 Å². The van der Waals surface area contributed by atoms with Crippen molar-refractivity contribution in [2.75, 3.05) is 6.61 Å². The first kappa shape index (κ1) is 14.0. The van der Waals surface area contributed by atoms with Crippen LogP contribution in [0.3, 0.4) is 0 Å². The van der Waals surface area contributed by atoms with Crippen LogP contribution in [0.15, 0.2) is 0 Å². The lowest BCUT2D eigenvalue weighted by atomic mass is 9.69. The maximum absolute atomic E-state index is 12.7. The van der Waals surface area contributed by atoms with Crippen molar-refractivity contribution in [1.29, 1.82) is 0 Å². The van der Waals surface area contributed by atoms with Gasteiger partial charge in [-0.3, -0.25) is 4.79 Å². The fourth-order valence-electron chi connectivity index (χ4n) is 3.65. The number of hydrogen-bond donors (Lipinski definition) is 0. The molecule has 2 aliphatic rings. The molecule has 0 aromatic heterocycles. The number of ketones is 1. The molecule has 1 aliphatic heterocycles. The summed E-state index contributed by atoms with van der Waals surface area (Å²) in [5.41, 5.74) is 0.113. The molecule has 1 saturated heterocycles. The van der Waals surface area contributed by atoms with Gasteiger partial charge in [0, 0.05) is 18.4 Å². The van der Waals surface area contributed by atoms with Crippen LogP contribution in [-0.4, -0.2) is 18.0 Å². The summed E-state index contributed by atoms with van der Waals surface area (Å²) >= 11 is 0. The molecule has 1 spiro atoms. The van der Waals surface area contributed by atoms with Gasteiger partial charge < -0.3 is 4.74 Å². The van der Waals surface area contributed by atoms with E-state index in [-0.39, 0.29) is 5.60 Å². The van der Waals surface area contributed by atoms with Crippen LogP contribution in [0, 0.1) is 11.8 Å². The third kappa shape index (κ3) is 2.96. The fraction of sp³-hybridized carbons (Fsp3) is 0.938. The van der Waals surface area contributed by atoms with Crippen molar-refractivity contribution in [1.82, 2.24) is 0 Å². The second kappa shape index (κ2) is 6.18. The molecule has 0 bridgehead atoms. The van der Waals surface area contributed by atoms with Gasteiger partial charge in [-0.05, 0) is 44.9 Å². The van der Waals surface area contributed by atoms with Crippen molar-refractivity contribution >= 4 is 5.78 Å². The second-order valence-electron chi connectivity index (χ2n) is 6.25. The molecule has 0 radical (unpaired) electrons. The number of hydrogen-bond acceptors (Lipinski definition) is 2. The van der Waals surface area contributed by atoms with E-state index < -0.39 is 0 Å². The third-order valence-corrected chi connectivity index (χ3v) is 4.84. The third-order valence-electron chi connectivity index (χ3n) is 4.84. The minimum atomic E-state index is 0.113. The standard InChI is InChI=1S/C16H28O2/c1-3-6-13(7-4-2)15(17)14-8-11-18-16(12-14)9-5-10-16/h13-14H,3-12H2,1-2H3. The van der Waals surface area contributed by atoms with Gasteiger partial charge in [0.05, 0.1) is 5.60 Å². The highest BCUT2D eigenvalue weighted by Gasteiger charge is 2.44. The van der Waals surface area contributed by atoms with Crippen molar-refractivity contribution in [3.63, 3.8) is 0 Å². The Kier molecular flexibility index (Phi) is 4.83. The van der Waals surface area contributed by atoms with Gasteiger partial charge in [-0.2, -0.15) is 0 Å². The van der Waals surface area contributed by atoms with E-state index in [1.165, 1.54) is 19.3 Å². The van der Waals surface area contributed by atoms with Gasteiger partial charge in [0.25, 0.3) is 0 Å². The average Bonchev–Trinajstić information content (AvgIpc) is 2.36. The summed E-state index contributed by atoms with van der Waals surface area (Å²) in [6.45, 7) is 5.18. The van der Waals surface area contributed by atoms with E-state index >= 15 is 0 Å². The fourth-order valence-corrected chi connectivity index (χ4v) is 3.65. The number of ether oxygens (including phenoxy) is 1. The van der Waals surface area contributed by atoms with Crippen LogP contribution in [0.5, 0.6) is 0 Å². The quantitative estimate of drug-likeness (QED) is 0.710. The van der Waals surface area contributed by atoms with Gasteiger partial charge in [-0.15, -0.1) is 0 Å². The zero-order valence-electron chi connectivity index (χ0n) is 12.0. The van der Waals surface area contributed by atoms with E-state index in [0.717, 1.165) is 45.1 Å². The lowest BCUT2D eigenvalue weighted by Crippen LogP contribution is -2.47. The van der Waals surface area contributed by atoms with E-state index in [9.17, 15) is 4.79 Å². The van der Waals surface area contributed by atoms with Crippen molar-refractivity contribution in [2.24, 2.45) is 11.8 Å². The molecule has 1 unspecified atom stereocenters. The normalized spacial score (nSPS) is 26.3. The van der Waals surface area contributed by atoms with Crippen LogP contribution in [0.25, 0.3) is 0 Å². The van der Waals surface area contributed by atoms with Crippen LogP contribution < -0.4 is 0 Å². The first-order valence-electron chi connectivity index (χ1n) is 7.88. The molecule has 18 heavy (non-hydrogen) atoms. The van der Waals surface area contributed by atoms with Gasteiger partial charge in [0.15, 0.2) is 0 Å². The summed E-state index contributed by atoms with van der Waals surface area (Å²) in [6.07, 6.45) is 10.0. The Morgan fingerprint density at radius 2 is 1.94 bits per heavy atom. The summed E-state index contributed by atoms with van der Waals surface area (Å²) in [5.74, 6) is 1.16.